The molecule has 1 aromatic carbocycles. The number of nitrogens with zero attached hydrogens (tertiary/aromatic N) is 2. The summed E-state index contributed by atoms with van der Waals surface area (Å²) in [4.78, 5) is 42.2. The van der Waals surface area contributed by atoms with Crippen LogP contribution < -0.4 is 10.9 Å². The van der Waals surface area contributed by atoms with Crippen LogP contribution in [-0.4, -0.2) is 26.5 Å². The molecule has 8 heteroatoms. The van der Waals surface area contributed by atoms with Gasteiger partial charge in [-0.1, -0.05) is 39.0 Å². The maximum Gasteiger partial charge on any atom is 0.346 e. The zero-order chi connectivity index (χ0) is 21.3. The smallest absolute Gasteiger partial charge is 0.346 e. The van der Waals surface area contributed by atoms with Crippen molar-refractivity contribution in [2.24, 2.45) is 0 Å². The molecule has 0 aliphatic carbocycles. The molecule has 3 rings (SSSR count). The molecule has 0 spiro atoms. The predicted molar refractivity (Wildman–Crippen MR) is 114 cm³/mol. The van der Waals surface area contributed by atoms with Crippen molar-refractivity contribution in [3.63, 3.8) is 0 Å². The molecule has 3 aromatic rings. The Morgan fingerprint density at radius 2 is 1.97 bits per heavy atom. The van der Waals surface area contributed by atoms with E-state index in [0.717, 1.165) is 16.9 Å². The van der Waals surface area contributed by atoms with E-state index in [4.69, 9.17) is 0 Å². The lowest BCUT2D eigenvalue weighted by molar-refractivity contribution is -0.119. The molecule has 29 heavy (non-hydrogen) atoms. The van der Waals surface area contributed by atoms with Crippen molar-refractivity contribution >= 4 is 39.1 Å². The molecular weight excluding hydrogens is 390 g/mol. The molecule has 0 aliphatic heterocycles. The molecule has 2 heterocycles. The van der Waals surface area contributed by atoms with E-state index in [1.807, 2.05) is 45.0 Å². The third-order valence-corrected chi connectivity index (χ3v) is 6.12. The Bertz CT molecular complexity index is 1150. The summed E-state index contributed by atoms with van der Waals surface area (Å²) in [5, 5.41) is 12.5. The van der Waals surface area contributed by atoms with Gasteiger partial charge in [-0.2, -0.15) is 0 Å². The van der Waals surface area contributed by atoms with Gasteiger partial charge in [-0.25, -0.2) is 9.78 Å². The van der Waals surface area contributed by atoms with Gasteiger partial charge in [0.1, 0.15) is 15.7 Å². The SMILES string of the molecule is CCC(C(=O)Nc1ccccc1C(C)C)n1cnc2sc(C(=O)O)c(C)c2c1=O. The number of hydrogen-bond donors (Lipinski definition) is 2. The molecule has 0 aliphatic rings. The van der Waals surface area contributed by atoms with E-state index in [0.29, 0.717) is 22.5 Å². The molecule has 0 radical (unpaired) electrons. The molecule has 1 amide bonds. The number of fused-ring (bicyclic) bond motifs is 1. The van der Waals surface area contributed by atoms with E-state index in [1.165, 1.54) is 10.9 Å². The number of benzene rings is 1. The normalized spacial score (nSPS) is 12.3. The summed E-state index contributed by atoms with van der Waals surface area (Å²) in [5.41, 5.74) is 1.70. The Labute approximate surface area is 172 Å². The summed E-state index contributed by atoms with van der Waals surface area (Å²) >= 11 is 0.966. The highest BCUT2D eigenvalue weighted by Gasteiger charge is 2.25. The van der Waals surface area contributed by atoms with Gasteiger partial charge in [-0.3, -0.25) is 14.2 Å². The summed E-state index contributed by atoms with van der Waals surface area (Å²) in [6, 6.07) is 6.82. The fraction of sp³-hybridized carbons (Fsp3) is 0.333. The number of carbonyl (C=O) groups excluding carboxylic acids is 1. The Kier molecular flexibility index (Phi) is 5.83. The number of carbonyl (C=O) groups is 2. The standard InChI is InChI=1S/C21H23N3O4S/c1-5-15(18(25)23-14-9-7-6-8-13(14)11(2)3)24-10-22-19-16(20(24)26)12(4)17(29-19)21(27)28/h6-11,15H,5H2,1-4H3,(H,23,25)(H,27,28). The second kappa shape index (κ2) is 8.16. The lowest BCUT2D eigenvalue weighted by atomic mass is 10.0. The van der Waals surface area contributed by atoms with Crippen LogP contribution in [0, 0.1) is 6.92 Å². The number of para-hydroxylation sites is 1. The maximum absolute atomic E-state index is 13.1. The van der Waals surface area contributed by atoms with E-state index in [2.05, 4.69) is 10.3 Å². The molecule has 0 fully saturated rings. The van der Waals surface area contributed by atoms with Crippen molar-refractivity contribution in [3.05, 3.63) is 57.0 Å². The lowest BCUT2D eigenvalue weighted by Crippen LogP contribution is -2.33. The van der Waals surface area contributed by atoms with Gasteiger partial charge in [0.05, 0.1) is 11.7 Å². The molecule has 2 aromatic heterocycles. The summed E-state index contributed by atoms with van der Waals surface area (Å²) in [6.45, 7) is 7.50. The van der Waals surface area contributed by atoms with Crippen molar-refractivity contribution in [1.82, 2.24) is 9.55 Å². The molecule has 0 bridgehead atoms. The minimum absolute atomic E-state index is 0.0886. The van der Waals surface area contributed by atoms with Gasteiger partial charge in [0.2, 0.25) is 5.91 Å². The molecule has 0 saturated carbocycles. The van der Waals surface area contributed by atoms with E-state index in [-0.39, 0.29) is 22.1 Å². The van der Waals surface area contributed by atoms with Crippen molar-refractivity contribution in [2.75, 3.05) is 5.32 Å². The molecule has 2 N–H and O–H groups in total. The minimum atomic E-state index is -1.09. The highest BCUT2D eigenvalue weighted by atomic mass is 32.1. The number of aryl methyl sites for hydroxylation is 1. The van der Waals surface area contributed by atoms with Crippen molar-refractivity contribution in [2.45, 2.75) is 46.1 Å². The highest BCUT2D eigenvalue weighted by molar-refractivity contribution is 7.20. The third kappa shape index (κ3) is 3.80. The van der Waals surface area contributed by atoms with Crippen LogP contribution in [0.2, 0.25) is 0 Å². The van der Waals surface area contributed by atoms with Crippen molar-refractivity contribution in [1.29, 1.82) is 0 Å². The summed E-state index contributed by atoms with van der Waals surface area (Å²) < 4.78 is 1.29. The van der Waals surface area contributed by atoms with Gasteiger partial charge < -0.3 is 10.4 Å². The summed E-state index contributed by atoms with van der Waals surface area (Å²) in [5.74, 6) is -1.17. The van der Waals surface area contributed by atoms with Crippen LogP contribution in [0.25, 0.3) is 10.2 Å². The fourth-order valence-electron chi connectivity index (χ4n) is 3.40. The van der Waals surface area contributed by atoms with Gasteiger partial charge in [-0.05, 0) is 36.5 Å². The zero-order valence-corrected chi connectivity index (χ0v) is 17.5. The summed E-state index contributed by atoms with van der Waals surface area (Å²) in [7, 11) is 0. The van der Waals surface area contributed by atoms with E-state index in [1.54, 1.807) is 6.92 Å². The molecule has 7 nitrogen and oxygen atoms in total. The number of amides is 1. The number of aromatic carboxylic acids is 1. The first-order valence-corrected chi connectivity index (χ1v) is 10.2. The largest absolute Gasteiger partial charge is 0.477 e. The molecule has 1 atom stereocenters. The van der Waals surface area contributed by atoms with E-state index in [9.17, 15) is 19.5 Å². The van der Waals surface area contributed by atoms with Gasteiger partial charge in [-0.15, -0.1) is 11.3 Å². The Hall–Kier alpha value is -3.00. The molecule has 1 unspecified atom stereocenters. The van der Waals surface area contributed by atoms with Crippen LogP contribution in [0.1, 0.15) is 60.0 Å². The van der Waals surface area contributed by atoms with Crippen molar-refractivity contribution < 1.29 is 14.7 Å². The quantitative estimate of drug-likeness (QED) is 0.631. The monoisotopic (exact) mass is 413 g/mol. The molecule has 0 saturated heterocycles. The third-order valence-electron chi connectivity index (χ3n) is 4.94. The van der Waals surface area contributed by atoms with E-state index < -0.39 is 17.6 Å². The van der Waals surface area contributed by atoms with Crippen LogP contribution >= 0.6 is 11.3 Å². The minimum Gasteiger partial charge on any atom is -0.477 e. The number of rotatable bonds is 6. The topological polar surface area (TPSA) is 101 Å². The average molecular weight is 413 g/mol. The number of anilines is 1. The number of hydrogen-bond acceptors (Lipinski definition) is 5. The predicted octanol–water partition coefficient (Wildman–Crippen LogP) is 4.18. The highest BCUT2D eigenvalue weighted by Crippen LogP contribution is 2.28. The Balaban J connectivity index is 2.02. The van der Waals surface area contributed by atoms with Gasteiger partial charge in [0, 0.05) is 5.69 Å². The second-order valence-electron chi connectivity index (χ2n) is 7.15. The van der Waals surface area contributed by atoms with E-state index >= 15 is 0 Å². The number of thiophene rings is 1. The Morgan fingerprint density at radius 3 is 2.59 bits per heavy atom. The van der Waals surface area contributed by atoms with Crippen LogP contribution in [-0.2, 0) is 4.79 Å². The first-order chi connectivity index (χ1) is 13.8. The lowest BCUT2D eigenvalue weighted by Gasteiger charge is -2.20. The number of nitrogens with one attached hydrogen (secondary N) is 1. The fourth-order valence-corrected chi connectivity index (χ4v) is 4.38. The van der Waals surface area contributed by atoms with Crippen molar-refractivity contribution in [3.8, 4) is 0 Å². The molecular formula is C21H23N3O4S. The van der Waals surface area contributed by atoms with Crippen LogP contribution in [0.5, 0.6) is 0 Å². The van der Waals surface area contributed by atoms with Crippen LogP contribution in [0.4, 0.5) is 5.69 Å². The maximum atomic E-state index is 13.1. The van der Waals surface area contributed by atoms with Gasteiger partial charge in [0.15, 0.2) is 0 Å². The number of carboxylic acid groups (broad SMARTS) is 1. The second-order valence-corrected chi connectivity index (χ2v) is 8.15. The Morgan fingerprint density at radius 1 is 1.28 bits per heavy atom. The van der Waals surface area contributed by atoms with Gasteiger partial charge >= 0.3 is 5.97 Å². The van der Waals surface area contributed by atoms with Crippen LogP contribution in [0.3, 0.4) is 0 Å². The zero-order valence-electron chi connectivity index (χ0n) is 16.7. The first-order valence-electron chi connectivity index (χ1n) is 9.39. The van der Waals surface area contributed by atoms with Gasteiger partial charge in [0.25, 0.3) is 5.56 Å². The van der Waals surface area contributed by atoms with Crippen LogP contribution in [0.15, 0.2) is 35.4 Å². The average Bonchev–Trinajstić information content (AvgIpc) is 3.02. The summed E-state index contributed by atoms with van der Waals surface area (Å²) in [6.07, 6.45) is 1.71. The first kappa shape index (κ1) is 20.7. The number of aromatic nitrogens is 2. The number of carboxylic acids is 1. The molecule has 152 valence electrons.